The molecule has 3 N–H and O–H groups in total. The molecular formula is C11H14BrFN2O. The number of hydrogen-bond donors (Lipinski definition) is 2. The summed E-state index contributed by atoms with van der Waals surface area (Å²) in [4.78, 5) is 0. The van der Waals surface area contributed by atoms with Gasteiger partial charge in [-0.3, -0.25) is 0 Å². The fourth-order valence-corrected chi connectivity index (χ4v) is 2.11. The summed E-state index contributed by atoms with van der Waals surface area (Å²) in [6.07, 6.45) is 2.36. The predicted octanol–water partition coefficient (Wildman–Crippen LogP) is 2.76. The smallest absolute Gasteiger partial charge is 0.139 e. The molecular weight excluding hydrogens is 275 g/mol. The van der Waals surface area contributed by atoms with Gasteiger partial charge in [-0.25, -0.2) is 4.39 Å². The van der Waals surface area contributed by atoms with Gasteiger partial charge in [-0.2, -0.15) is 0 Å². The molecule has 1 heterocycles. The van der Waals surface area contributed by atoms with Crippen LogP contribution in [0.5, 0.6) is 0 Å². The number of nitrogen functional groups attached to an aromatic ring is 1. The quantitative estimate of drug-likeness (QED) is 0.841. The third-order valence-electron chi connectivity index (χ3n) is 2.64. The summed E-state index contributed by atoms with van der Waals surface area (Å²) in [7, 11) is 0. The second kappa shape index (κ2) is 5.01. The average molecular weight is 289 g/mol. The van der Waals surface area contributed by atoms with Crippen LogP contribution in [0.3, 0.4) is 0 Å². The molecule has 2 rings (SSSR count). The molecule has 3 nitrogen and oxygen atoms in total. The van der Waals surface area contributed by atoms with Crippen molar-refractivity contribution in [2.45, 2.75) is 18.9 Å². The number of nitrogens with one attached hydrogen (secondary N) is 1. The SMILES string of the molecule is Nc1cc(Br)c(F)cc1NCC1CCCO1. The molecule has 1 fully saturated rings. The van der Waals surface area contributed by atoms with Crippen LogP contribution in [0.25, 0.3) is 0 Å². The van der Waals surface area contributed by atoms with E-state index >= 15 is 0 Å². The van der Waals surface area contributed by atoms with E-state index in [2.05, 4.69) is 21.2 Å². The molecule has 1 atom stereocenters. The zero-order chi connectivity index (χ0) is 11.5. The minimum absolute atomic E-state index is 0.214. The van der Waals surface area contributed by atoms with Crippen molar-refractivity contribution in [1.29, 1.82) is 0 Å². The van der Waals surface area contributed by atoms with Crippen LogP contribution in [0.15, 0.2) is 16.6 Å². The molecule has 1 aromatic carbocycles. The summed E-state index contributed by atoms with van der Waals surface area (Å²) in [6.45, 7) is 1.49. The highest BCUT2D eigenvalue weighted by Crippen LogP contribution is 2.26. The number of ether oxygens (including phenoxy) is 1. The Kier molecular flexibility index (Phi) is 3.66. The number of hydrogen-bond acceptors (Lipinski definition) is 3. The Balaban J connectivity index is 2.00. The van der Waals surface area contributed by atoms with E-state index in [1.54, 1.807) is 6.07 Å². The van der Waals surface area contributed by atoms with Crippen molar-refractivity contribution in [2.24, 2.45) is 0 Å². The van der Waals surface area contributed by atoms with Gasteiger partial charge in [-0.05, 0) is 34.8 Å². The molecule has 1 saturated heterocycles. The van der Waals surface area contributed by atoms with Crippen molar-refractivity contribution >= 4 is 27.3 Å². The molecule has 0 saturated carbocycles. The highest BCUT2D eigenvalue weighted by molar-refractivity contribution is 9.10. The molecule has 0 bridgehead atoms. The van der Waals surface area contributed by atoms with Gasteiger partial charge in [-0.15, -0.1) is 0 Å². The van der Waals surface area contributed by atoms with E-state index in [-0.39, 0.29) is 11.9 Å². The molecule has 5 heteroatoms. The molecule has 88 valence electrons. The van der Waals surface area contributed by atoms with E-state index in [1.165, 1.54) is 6.07 Å². The van der Waals surface area contributed by atoms with E-state index in [0.717, 1.165) is 19.4 Å². The predicted molar refractivity (Wildman–Crippen MR) is 66.0 cm³/mol. The van der Waals surface area contributed by atoms with Gasteiger partial charge in [0, 0.05) is 19.2 Å². The molecule has 16 heavy (non-hydrogen) atoms. The minimum Gasteiger partial charge on any atom is -0.397 e. The third kappa shape index (κ3) is 2.65. The second-order valence-corrected chi connectivity index (χ2v) is 4.72. The zero-order valence-corrected chi connectivity index (χ0v) is 10.4. The van der Waals surface area contributed by atoms with Crippen LogP contribution in [-0.2, 0) is 4.74 Å². The Morgan fingerprint density at radius 1 is 1.56 bits per heavy atom. The lowest BCUT2D eigenvalue weighted by atomic mass is 10.2. The van der Waals surface area contributed by atoms with E-state index in [4.69, 9.17) is 10.5 Å². The molecule has 1 aliphatic heterocycles. The van der Waals surface area contributed by atoms with Gasteiger partial charge in [0.2, 0.25) is 0 Å². The van der Waals surface area contributed by atoms with Crippen molar-refractivity contribution in [3.05, 3.63) is 22.4 Å². The number of nitrogens with two attached hydrogens (primary N) is 1. The van der Waals surface area contributed by atoms with Gasteiger partial charge < -0.3 is 15.8 Å². The first kappa shape index (κ1) is 11.7. The summed E-state index contributed by atoms with van der Waals surface area (Å²) in [5.41, 5.74) is 6.93. The minimum atomic E-state index is -0.316. The maximum absolute atomic E-state index is 13.3. The number of rotatable bonds is 3. The Hall–Kier alpha value is -0.810. The molecule has 0 amide bonds. The van der Waals surface area contributed by atoms with Gasteiger partial charge in [-0.1, -0.05) is 0 Å². The van der Waals surface area contributed by atoms with Crippen molar-refractivity contribution < 1.29 is 9.13 Å². The van der Waals surface area contributed by atoms with Crippen molar-refractivity contribution in [3.8, 4) is 0 Å². The van der Waals surface area contributed by atoms with Crippen molar-refractivity contribution in [3.63, 3.8) is 0 Å². The van der Waals surface area contributed by atoms with Crippen LogP contribution in [0.1, 0.15) is 12.8 Å². The highest BCUT2D eigenvalue weighted by atomic mass is 79.9. The normalized spacial score (nSPS) is 20.0. The zero-order valence-electron chi connectivity index (χ0n) is 8.80. The summed E-state index contributed by atoms with van der Waals surface area (Å²) in [5.74, 6) is -0.316. The Morgan fingerprint density at radius 2 is 2.38 bits per heavy atom. The van der Waals surface area contributed by atoms with E-state index < -0.39 is 0 Å². The van der Waals surface area contributed by atoms with Crippen LogP contribution < -0.4 is 11.1 Å². The standard InChI is InChI=1S/C11H14BrFN2O/c12-8-4-10(14)11(5-9(8)13)15-6-7-2-1-3-16-7/h4-5,7,15H,1-3,6,14H2. The maximum Gasteiger partial charge on any atom is 0.139 e. The summed E-state index contributed by atoms with van der Waals surface area (Å²) < 4.78 is 19.1. The second-order valence-electron chi connectivity index (χ2n) is 3.87. The number of halogens is 2. The topological polar surface area (TPSA) is 47.3 Å². The molecule has 1 unspecified atom stereocenters. The molecule has 0 spiro atoms. The molecule has 1 aromatic rings. The van der Waals surface area contributed by atoms with Gasteiger partial charge in [0.1, 0.15) is 5.82 Å². The van der Waals surface area contributed by atoms with Crippen LogP contribution in [-0.4, -0.2) is 19.3 Å². The van der Waals surface area contributed by atoms with Crippen molar-refractivity contribution in [2.75, 3.05) is 24.2 Å². The van der Waals surface area contributed by atoms with Gasteiger partial charge in [0.25, 0.3) is 0 Å². The average Bonchev–Trinajstić information content (AvgIpc) is 2.74. The first-order valence-electron chi connectivity index (χ1n) is 5.27. The molecule has 1 aliphatic rings. The monoisotopic (exact) mass is 288 g/mol. The van der Waals surface area contributed by atoms with Crippen LogP contribution >= 0.6 is 15.9 Å². The van der Waals surface area contributed by atoms with E-state index in [9.17, 15) is 4.39 Å². The lowest BCUT2D eigenvalue weighted by Crippen LogP contribution is -2.19. The summed E-state index contributed by atoms with van der Waals surface area (Å²) >= 11 is 3.09. The van der Waals surface area contributed by atoms with E-state index in [0.29, 0.717) is 22.4 Å². The first-order chi connectivity index (χ1) is 7.66. The van der Waals surface area contributed by atoms with Crippen LogP contribution in [0, 0.1) is 5.82 Å². The first-order valence-corrected chi connectivity index (χ1v) is 6.06. The lowest BCUT2D eigenvalue weighted by molar-refractivity contribution is 0.120. The summed E-state index contributed by atoms with van der Waals surface area (Å²) in [5, 5.41) is 3.11. The largest absolute Gasteiger partial charge is 0.397 e. The number of benzene rings is 1. The van der Waals surface area contributed by atoms with Crippen LogP contribution in [0.4, 0.5) is 15.8 Å². The van der Waals surface area contributed by atoms with Crippen molar-refractivity contribution in [1.82, 2.24) is 0 Å². The fraction of sp³-hybridized carbons (Fsp3) is 0.455. The lowest BCUT2D eigenvalue weighted by Gasteiger charge is -2.14. The molecule has 0 aromatic heterocycles. The van der Waals surface area contributed by atoms with Crippen LogP contribution in [0.2, 0.25) is 0 Å². The van der Waals surface area contributed by atoms with Gasteiger partial charge in [0.15, 0.2) is 0 Å². The van der Waals surface area contributed by atoms with Gasteiger partial charge >= 0.3 is 0 Å². The Bertz CT molecular complexity index is 380. The Labute approximate surface area is 102 Å². The molecule has 0 radical (unpaired) electrons. The fourth-order valence-electron chi connectivity index (χ4n) is 1.74. The molecule has 0 aliphatic carbocycles. The number of anilines is 2. The maximum atomic E-state index is 13.3. The Morgan fingerprint density at radius 3 is 3.06 bits per heavy atom. The van der Waals surface area contributed by atoms with Gasteiger partial charge in [0.05, 0.1) is 22.0 Å². The highest BCUT2D eigenvalue weighted by Gasteiger charge is 2.15. The third-order valence-corrected chi connectivity index (χ3v) is 3.24. The summed E-state index contributed by atoms with van der Waals surface area (Å²) in [6, 6.07) is 2.96. The van der Waals surface area contributed by atoms with E-state index in [1.807, 2.05) is 0 Å².